The summed E-state index contributed by atoms with van der Waals surface area (Å²) in [5.41, 5.74) is 2.19. The molecule has 1 unspecified atom stereocenters. The van der Waals surface area contributed by atoms with Gasteiger partial charge in [-0.1, -0.05) is 0 Å². The normalized spacial score (nSPS) is 19.3. The lowest BCUT2D eigenvalue weighted by Crippen LogP contribution is -2.37. The molecule has 32 heavy (non-hydrogen) atoms. The van der Waals surface area contributed by atoms with Gasteiger partial charge in [-0.2, -0.15) is 0 Å². The van der Waals surface area contributed by atoms with E-state index in [2.05, 4.69) is 48.3 Å². The number of fused-ring (bicyclic) bond motifs is 1. The van der Waals surface area contributed by atoms with Crippen LogP contribution in [0.4, 0.5) is 16.6 Å². The molecule has 0 spiro atoms. The van der Waals surface area contributed by atoms with Crippen molar-refractivity contribution in [3.63, 3.8) is 0 Å². The third-order valence-electron chi connectivity index (χ3n) is 6.12. The fourth-order valence-corrected chi connectivity index (χ4v) is 5.59. The number of rotatable bonds is 5. The van der Waals surface area contributed by atoms with Gasteiger partial charge in [0.05, 0.1) is 18.7 Å². The highest BCUT2D eigenvalue weighted by molar-refractivity contribution is 7.15. The third-order valence-corrected chi connectivity index (χ3v) is 7.06. The number of carbonyl (C=O) groups excluding carboxylic acids is 1. The molecule has 1 aromatic carbocycles. The van der Waals surface area contributed by atoms with E-state index in [1.165, 1.54) is 23.9 Å². The van der Waals surface area contributed by atoms with Crippen LogP contribution in [0.5, 0.6) is 0 Å². The van der Waals surface area contributed by atoms with Crippen LogP contribution in [-0.2, 0) is 16.0 Å². The molecule has 1 amide bonds. The highest BCUT2D eigenvalue weighted by atomic mass is 32.1. The number of ether oxygens (including phenoxy) is 1. The average Bonchev–Trinajstić information content (AvgIpc) is 3.25. The van der Waals surface area contributed by atoms with E-state index in [1.807, 2.05) is 6.20 Å². The predicted octanol–water partition coefficient (Wildman–Crippen LogP) is 3.34. The van der Waals surface area contributed by atoms with Gasteiger partial charge < -0.3 is 19.9 Å². The summed E-state index contributed by atoms with van der Waals surface area (Å²) >= 11 is 1.57. The van der Waals surface area contributed by atoms with Crippen molar-refractivity contribution in [3.8, 4) is 0 Å². The number of nitrogens with one attached hydrogen (secondary N) is 1. The quantitative estimate of drug-likeness (QED) is 0.636. The summed E-state index contributed by atoms with van der Waals surface area (Å²) in [5, 5.41) is 4.56. The van der Waals surface area contributed by atoms with Gasteiger partial charge in [-0.15, -0.1) is 11.3 Å². The summed E-state index contributed by atoms with van der Waals surface area (Å²) in [4.78, 5) is 30.8. The molecule has 4 heterocycles. The smallest absolute Gasteiger partial charge is 0.223 e. The Kier molecular flexibility index (Phi) is 6.18. The van der Waals surface area contributed by atoms with Crippen molar-refractivity contribution in [2.45, 2.75) is 26.2 Å². The van der Waals surface area contributed by atoms with E-state index in [0.29, 0.717) is 11.0 Å². The van der Waals surface area contributed by atoms with Gasteiger partial charge in [-0.3, -0.25) is 4.79 Å². The second kappa shape index (κ2) is 9.38. The van der Waals surface area contributed by atoms with Gasteiger partial charge in [0, 0.05) is 55.3 Å². The zero-order valence-electron chi connectivity index (χ0n) is 18.3. The van der Waals surface area contributed by atoms with Crippen LogP contribution in [0.2, 0.25) is 0 Å². The first kappa shape index (κ1) is 21.1. The first-order valence-corrected chi connectivity index (χ1v) is 12.0. The minimum absolute atomic E-state index is 0.0813. The maximum atomic E-state index is 11.3. The molecule has 0 bridgehead atoms. The molecular formula is C23H28N6O2S. The highest BCUT2D eigenvalue weighted by Crippen LogP contribution is 2.32. The monoisotopic (exact) mass is 452 g/mol. The highest BCUT2D eigenvalue weighted by Gasteiger charge is 2.24. The van der Waals surface area contributed by atoms with E-state index in [1.54, 1.807) is 17.7 Å². The van der Waals surface area contributed by atoms with Gasteiger partial charge >= 0.3 is 0 Å². The fourth-order valence-electron chi connectivity index (χ4n) is 4.62. The Morgan fingerprint density at radius 2 is 2.06 bits per heavy atom. The topological polar surface area (TPSA) is 83.5 Å². The number of hydrogen-bond donors (Lipinski definition) is 1. The van der Waals surface area contributed by atoms with E-state index >= 15 is 0 Å². The molecule has 168 valence electrons. The van der Waals surface area contributed by atoms with Crippen molar-refractivity contribution in [2.24, 2.45) is 5.92 Å². The average molecular weight is 453 g/mol. The lowest BCUT2D eigenvalue weighted by molar-refractivity contribution is -0.114. The van der Waals surface area contributed by atoms with E-state index < -0.39 is 0 Å². The molecule has 2 aromatic heterocycles. The Balaban J connectivity index is 1.31. The largest absolute Gasteiger partial charge is 0.378 e. The van der Waals surface area contributed by atoms with Crippen LogP contribution < -0.4 is 15.1 Å². The number of hydrogen-bond acceptors (Lipinski definition) is 8. The Morgan fingerprint density at radius 1 is 1.19 bits per heavy atom. The fraction of sp³-hybridized carbons (Fsp3) is 0.478. The first-order valence-electron chi connectivity index (χ1n) is 11.2. The minimum atomic E-state index is -0.0813. The second-order valence-electron chi connectivity index (χ2n) is 8.47. The zero-order chi connectivity index (χ0) is 21.9. The zero-order valence-corrected chi connectivity index (χ0v) is 19.1. The third kappa shape index (κ3) is 4.68. The van der Waals surface area contributed by atoms with Gasteiger partial charge in [0.2, 0.25) is 5.91 Å². The number of nitrogens with zero attached hydrogens (tertiary/aromatic N) is 5. The second-order valence-corrected chi connectivity index (χ2v) is 9.58. The van der Waals surface area contributed by atoms with E-state index in [0.717, 1.165) is 69.0 Å². The molecule has 1 N–H and O–H groups in total. The van der Waals surface area contributed by atoms with Gasteiger partial charge in [0.1, 0.15) is 12.1 Å². The molecule has 0 aliphatic carbocycles. The lowest BCUT2D eigenvalue weighted by atomic mass is 9.94. The van der Waals surface area contributed by atoms with Crippen molar-refractivity contribution in [3.05, 3.63) is 35.6 Å². The van der Waals surface area contributed by atoms with Crippen molar-refractivity contribution >= 4 is 44.8 Å². The molecule has 2 aliphatic rings. The minimum Gasteiger partial charge on any atom is -0.378 e. The standard InChI is InChI=1S/C23H28N6O2S/c1-16(30)27-23-24-13-19(32-23)11-17-3-2-6-29(14-17)22-20-5-4-18(12-21(20)25-15-26-22)28-7-9-31-10-8-28/h4-5,12-13,15,17H,2-3,6-11,14H2,1H3,(H,24,27,30). The number of amides is 1. The van der Waals surface area contributed by atoms with Crippen molar-refractivity contribution in [2.75, 3.05) is 54.5 Å². The van der Waals surface area contributed by atoms with E-state index in [9.17, 15) is 4.79 Å². The Morgan fingerprint density at radius 3 is 2.91 bits per heavy atom. The summed E-state index contributed by atoms with van der Waals surface area (Å²) in [6.07, 6.45) is 6.88. The number of carbonyl (C=O) groups is 1. The lowest BCUT2D eigenvalue weighted by Gasteiger charge is -2.34. The Hall–Kier alpha value is -2.78. The Labute approximate surface area is 191 Å². The molecule has 8 nitrogen and oxygen atoms in total. The number of aromatic nitrogens is 3. The van der Waals surface area contributed by atoms with Gasteiger partial charge in [0.15, 0.2) is 5.13 Å². The van der Waals surface area contributed by atoms with Crippen LogP contribution in [0.15, 0.2) is 30.7 Å². The number of benzene rings is 1. The van der Waals surface area contributed by atoms with Crippen LogP contribution in [0, 0.1) is 5.92 Å². The van der Waals surface area contributed by atoms with Crippen LogP contribution in [0.3, 0.4) is 0 Å². The summed E-state index contributed by atoms with van der Waals surface area (Å²) in [6.45, 7) is 6.86. The molecule has 2 fully saturated rings. The molecule has 5 rings (SSSR count). The molecule has 1 atom stereocenters. The van der Waals surface area contributed by atoms with Crippen molar-refractivity contribution in [1.82, 2.24) is 15.0 Å². The van der Waals surface area contributed by atoms with Crippen LogP contribution >= 0.6 is 11.3 Å². The van der Waals surface area contributed by atoms with Crippen molar-refractivity contribution in [1.29, 1.82) is 0 Å². The SMILES string of the molecule is CC(=O)Nc1ncc(CC2CCCN(c3ncnc4cc(N5CCOCC5)ccc34)C2)s1. The summed E-state index contributed by atoms with van der Waals surface area (Å²) in [5.74, 6) is 1.48. The summed E-state index contributed by atoms with van der Waals surface area (Å²) in [7, 11) is 0. The molecule has 3 aromatic rings. The van der Waals surface area contributed by atoms with Crippen LogP contribution in [0.25, 0.3) is 10.9 Å². The number of morpholine rings is 1. The molecule has 2 saturated heterocycles. The van der Waals surface area contributed by atoms with Crippen molar-refractivity contribution < 1.29 is 9.53 Å². The molecule has 0 radical (unpaired) electrons. The predicted molar refractivity (Wildman–Crippen MR) is 128 cm³/mol. The molecular weight excluding hydrogens is 424 g/mol. The molecule has 9 heteroatoms. The molecule has 2 aliphatic heterocycles. The van der Waals surface area contributed by atoms with E-state index in [-0.39, 0.29) is 5.91 Å². The van der Waals surface area contributed by atoms with Crippen LogP contribution in [-0.4, -0.2) is 60.3 Å². The van der Waals surface area contributed by atoms with Gasteiger partial charge in [-0.05, 0) is 43.4 Å². The molecule has 0 saturated carbocycles. The summed E-state index contributed by atoms with van der Waals surface area (Å²) < 4.78 is 5.48. The number of anilines is 3. The van der Waals surface area contributed by atoms with Gasteiger partial charge in [-0.25, -0.2) is 15.0 Å². The Bertz CT molecular complexity index is 1100. The summed E-state index contributed by atoms with van der Waals surface area (Å²) in [6, 6.07) is 6.53. The van der Waals surface area contributed by atoms with Crippen LogP contribution in [0.1, 0.15) is 24.6 Å². The maximum absolute atomic E-state index is 11.3. The van der Waals surface area contributed by atoms with Gasteiger partial charge in [0.25, 0.3) is 0 Å². The first-order chi connectivity index (χ1) is 15.7. The number of thiazole rings is 1. The maximum Gasteiger partial charge on any atom is 0.223 e. The van der Waals surface area contributed by atoms with E-state index in [4.69, 9.17) is 4.74 Å². The number of piperidine rings is 1.